The van der Waals surface area contributed by atoms with E-state index >= 15 is 0 Å². The van der Waals surface area contributed by atoms with Gasteiger partial charge in [-0.25, -0.2) is 9.97 Å². The highest BCUT2D eigenvalue weighted by Crippen LogP contribution is 2.25. The number of hydrogen-bond donors (Lipinski definition) is 0. The molecule has 1 unspecified atom stereocenters. The van der Waals surface area contributed by atoms with Crippen molar-refractivity contribution in [2.75, 3.05) is 0 Å². The van der Waals surface area contributed by atoms with E-state index in [-0.39, 0.29) is 6.04 Å². The van der Waals surface area contributed by atoms with Crippen molar-refractivity contribution in [2.45, 2.75) is 38.6 Å². The summed E-state index contributed by atoms with van der Waals surface area (Å²) in [6.07, 6.45) is 5.38. The summed E-state index contributed by atoms with van der Waals surface area (Å²) >= 11 is 6.07. The molecule has 0 bridgehead atoms. The van der Waals surface area contributed by atoms with Crippen molar-refractivity contribution in [3.63, 3.8) is 0 Å². The molecule has 0 aliphatic rings. The van der Waals surface area contributed by atoms with E-state index in [1.54, 1.807) is 6.26 Å². The van der Waals surface area contributed by atoms with Crippen molar-refractivity contribution in [1.82, 2.24) is 14.5 Å². The van der Waals surface area contributed by atoms with Crippen molar-refractivity contribution in [1.29, 1.82) is 0 Å². The first-order valence-electron chi connectivity index (χ1n) is 7.11. The van der Waals surface area contributed by atoms with Gasteiger partial charge in [-0.1, -0.05) is 0 Å². The molecular weight excluding hydrogens is 286 g/mol. The smallest absolute Gasteiger partial charge is 0.160 e. The monoisotopic (exact) mass is 303 g/mol. The summed E-state index contributed by atoms with van der Waals surface area (Å²) in [5.41, 5.74) is 2.99. The molecule has 21 heavy (non-hydrogen) atoms. The minimum atomic E-state index is 0.267. The maximum atomic E-state index is 6.07. The molecule has 0 amide bonds. The Bertz CT molecular complexity index is 733. The van der Waals surface area contributed by atoms with Crippen LogP contribution in [-0.2, 0) is 12.3 Å². The Morgan fingerprint density at radius 3 is 2.95 bits per heavy atom. The van der Waals surface area contributed by atoms with Crippen LogP contribution in [0.2, 0.25) is 0 Å². The van der Waals surface area contributed by atoms with Crippen molar-refractivity contribution in [3.05, 3.63) is 47.8 Å². The first-order valence-corrected chi connectivity index (χ1v) is 7.65. The Kier molecular flexibility index (Phi) is 3.97. The van der Waals surface area contributed by atoms with Crippen LogP contribution in [0.3, 0.4) is 0 Å². The van der Waals surface area contributed by atoms with Gasteiger partial charge >= 0.3 is 0 Å². The van der Waals surface area contributed by atoms with Gasteiger partial charge in [-0.05, 0) is 44.0 Å². The third-order valence-corrected chi connectivity index (χ3v) is 4.04. The van der Waals surface area contributed by atoms with Crippen LogP contribution in [0.25, 0.3) is 11.2 Å². The second-order valence-electron chi connectivity index (χ2n) is 5.30. The van der Waals surface area contributed by atoms with Crippen molar-refractivity contribution in [3.8, 4) is 0 Å². The third-order valence-electron chi connectivity index (χ3n) is 3.80. The minimum absolute atomic E-state index is 0.267. The van der Waals surface area contributed by atoms with Crippen LogP contribution >= 0.6 is 11.6 Å². The normalized spacial score (nSPS) is 12.9. The number of halogens is 1. The van der Waals surface area contributed by atoms with Crippen LogP contribution in [0.15, 0.2) is 35.1 Å². The average Bonchev–Trinajstić information content (AvgIpc) is 3.12. The number of aromatic nitrogens is 3. The number of fused-ring (bicyclic) bond motifs is 1. The number of furan rings is 1. The maximum absolute atomic E-state index is 6.07. The zero-order valence-corrected chi connectivity index (χ0v) is 13.0. The van der Waals surface area contributed by atoms with Crippen LogP contribution in [0, 0.1) is 6.92 Å². The highest BCUT2D eigenvalue weighted by molar-refractivity contribution is 6.16. The molecule has 1 atom stereocenters. The number of nitrogens with zero attached hydrogens (tertiary/aromatic N) is 3. The van der Waals surface area contributed by atoms with Crippen LogP contribution in [-0.4, -0.2) is 14.5 Å². The van der Waals surface area contributed by atoms with Crippen LogP contribution in [0.1, 0.15) is 36.5 Å². The molecule has 5 heteroatoms. The molecule has 0 aliphatic carbocycles. The predicted molar refractivity (Wildman–Crippen MR) is 83.6 cm³/mol. The van der Waals surface area contributed by atoms with E-state index in [9.17, 15) is 0 Å². The van der Waals surface area contributed by atoms with Crippen molar-refractivity contribution < 1.29 is 4.42 Å². The van der Waals surface area contributed by atoms with Gasteiger partial charge in [0.1, 0.15) is 17.1 Å². The summed E-state index contributed by atoms with van der Waals surface area (Å²) in [6, 6.07) is 6.17. The van der Waals surface area contributed by atoms with E-state index in [2.05, 4.69) is 21.5 Å². The van der Waals surface area contributed by atoms with Crippen LogP contribution in [0.4, 0.5) is 0 Å². The predicted octanol–water partition coefficient (Wildman–Crippen LogP) is 4.27. The molecule has 4 nitrogen and oxygen atoms in total. The molecule has 110 valence electrons. The quantitative estimate of drug-likeness (QED) is 0.661. The number of rotatable bonds is 5. The molecule has 0 radical (unpaired) electrons. The zero-order valence-electron chi connectivity index (χ0n) is 12.2. The number of pyridine rings is 1. The molecule has 0 fully saturated rings. The number of imidazole rings is 1. The van der Waals surface area contributed by atoms with E-state index in [4.69, 9.17) is 16.0 Å². The van der Waals surface area contributed by atoms with Crippen molar-refractivity contribution in [2.24, 2.45) is 0 Å². The van der Waals surface area contributed by atoms with Gasteiger partial charge in [-0.3, -0.25) is 0 Å². The lowest BCUT2D eigenvalue weighted by Crippen LogP contribution is -2.10. The number of alkyl halides is 1. The van der Waals surface area contributed by atoms with Gasteiger partial charge in [0, 0.05) is 18.7 Å². The molecule has 0 N–H and O–H groups in total. The standard InChI is InChI=1S/C16H18ClN3O/c1-11-7-8-18-16-15(11)19-14(10-17)20(16)12(2)5-6-13-4-3-9-21-13/h3-4,7-9,12H,5-6,10H2,1-2H3. The van der Waals surface area contributed by atoms with E-state index < -0.39 is 0 Å². The average molecular weight is 304 g/mol. The van der Waals surface area contributed by atoms with Gasteiger partial charge in [-0.15, -0.1) is 11.6 Å². The largest absolute Gasteiger partial charge is 0.469 e. The Hall–Kier alpha value is -1.81. The molecule has 0 saturated carbocycles. The topological polar surface area (TPSA) is 43.9 Å². The SMILES string of the molecule is Cc1ccnc2c1nc(CCl)n2C(C)CCc1ccco1. The summed E-state index contributed by atoms with van der Waals surface area (Å²) < 4.78 is 7.55. The van der Waals surface area contributed by atoms with E-state index in [1.807, 2.05) is 31.3 Å². The highest BCUT2D eigenvalue weighted by Gasteiger charge is 2.17. The molecule has 3 rings (SSSR count). The molecular formula is C16H18ClN3O. The van der Waals surface area contributed by atoms with E-state index in [0.717, 1.165) is 41.2 Å². The van der Waals surface area contributed by atoms with Gasteiger partial charge in [-0.2, -0.15) is 0 Å². The molecule has 0 saturated heterocycles. The van der Waals surface area contributed by atoms with Gasteiger partial charge in [0.05, 0.1) is 12.1 Å². The third kappa shape index (κ3) is 2.68. The van der Waals surface area contributed by atoms with Gasteiger partial charge in [0.2, 0.25) is 0 Å². The van der Waals surface area contributed by atoms with Crippen LogP contribution < -0.4 is 0 Å². The van der Waals surface area contributed by atoms with Crippen molar-refractivity contribution >= 4 is 22.8 Å². The first-order chi connectivity index (χ1) is 10.2. The number of hydrogen-bond acceptors (Lipinski definition) is 3. The van der Waals surface area contributed by atoms with Gasteiger partial charge in [0.25, 0.3) is 0 Å². The molecule has 3 aromatic heterocycles. The fourth-order valence-electron chi connectivity index (χ4n) is 2.65. The molecule has 3 aromatic rings. The summed E-state index contributed by atoms with van der Waals surface area (Å²) in [5, 5.41) is 0. The Morgan fingerprint density at radius 1 is 1.38 bits per heavy atom. The Labute approximate surface area is 128 Å². The summed E-state index contributed by atoms with van der Waals surface area (Å²) in [4.78, 5) is 9.14. The van der Waals surface area contributed by atoms with Crippen LogP contribution in [0.5, 0.6) is 0 Å². The lowest BCUT2D eigenvalue weighted by Gasteiger charge is -2.15. The fourth-order valence-corrected chi connectivity index (χ4v) is 2.84. The first kappa shape index (κ1) is 14.1. The number of aryl methyl sites for hydroxylation is 2. The van der Waals surface area contributed by atoms with E-state index in [0.29, 0.717) is 5.88 Å². The Morgan fingerprint density at radius 2 is 2.24 bits per heavy atom. The zero-order chi connectivity index (χ0) is 14.8. The van der Waals surface area contributed by atoms with Gasteiger partial charge < -0.3 is 8.98 Å². The second-order valence-corrected chi connectivity index (χ2v) is 5.57. The minimum Gasteiger partial charge on any atom is -0.469 e. The lowest BCUT2D eigenvalue weighted by atomic mass is 10.1. The molecule has 0 aliphatic heterocycles. The summed E-state index contributed by atoms with van der Waals surface area (Å²) in [5.74, 6) is 2.27. The highest BCUT2D eigenvalue weighted by atomic mass is 35.5. The summed E-state index contributed by atoms with van der Waals surface area (Å²) in [6.45, 7) is 4.22. The lowest BCUT2D eigenvalue weighted by molar-refractivity contribution is 0.451. The maximum Gasteiger partial charge on any atom is 0.160 e. The van der Waals surface area contributed by atoms with Gasteiger partial charge in [0.15, 0.2) is 5.65 Å². The second kappa shape index (κ2) is 5.90. The molecule has 0 spiro atoms. The fraction of sp³-hybridized carbons (Fsp3) is 0.375. The molecule has 3 heterocycles. The molecule has 0 aromatic carbocycles. The Balaban J connectivity index is 1.92. The van der Waals surface area contributed by atoms with E-state index in [1.165, 1.54) is 0 Å². The summed E-state index contributed by atoms with van der Waals surface area (Å²) in [7, 11) is 0.